The Balaban J connectivity index is 1.86. The fraction of sp³-hybridized carbons (Fsp3) is 0.607. The fourth-order valence-electron chi connectivity index (χ4n) is 3.37. The monoisotopic (exact) mass is 701 g/mol. The maximum absolute atomic E-state index is 11.8. The summed E-state index contributed by atoms with van der Waals surface area (Å²) in [5.74, 6) is -5.62. The number of carboxylic acids is 1. The Kier molecular flexibility index (Phi) is 22.3. The maximum Gasteiger partial charge on any atom is 0.322 e. The van der Waals surface area contributed by atoms with Crippen LogP contribution in [0, 0.1) is 0 Å². The van der Waals surface area contributed by atoms with E-state index in [1.54, 1.807) is 0 Å². The van der Waals surface area contributed by atoms with E-state index in [1.807, 2.05) is 5.32 Å². The second-order valence-corrected chi connectivity index (χ2v) is 9.74. The van der Waals surface area contributed by atoms with Crippen LogP contribution in [-0.2, 0) is 62.1 Å². The summed E-state index contributed by atoms with van der Waals surface area (Å²) in [6.45, 7) is 0.0315. The van der Waals surface area contributed by atoms with Gasteiger partial charge in [-0.05, 0) is 0 Å². The summed E-state index contributed by atoms with van der Waals surface area (Å²) in [6, 6.07) is 0. The van der Waals surface area contributed by atoms with Crippen molar-refractivity contribution in [1.82, 2.24) is 36.8 Å². The molecule has 0 aromatic rings. The Bertz CT molecular complexity index is 1160. The molecule has 0 atom stereocenters. The van der Waals surface area contributed by atoms with E-state index < -0.39 is 73.5 Å². The molecule has 274 valence electrons. The largest absolute Gasteiger partial charge is 0.480 e. The molecule has 0 spiro atoms. The number of carbonyl (C=O) groups excluding carboxylic acids is 8. The third-order valence-corrected chi connectivity index (χ3v) is 5.84. The predicted molar refractivity (Wildman–Crippen MR) is 164 cm³/mol. The molecule has 0 radical (unpaired) electrons. The van der Waals surface area contributed by atoms with Crippen LogP contribution in [0.25, 0.3) is 0 Å². The number of imide groups is 1. The molecule has 0 bridgehead atoms. The van der Waals surface area contributed by atoms with Gasteiger partial charge in [-0.1, -0.05) is 0 Å². The van der Waals surface area contributed by atoms with Crippen LogP contribution >= 0.6 is 0 Å². The minimum atomic E-state index is -1.24. The summed E-state index contributed by atoms with van der Waals surface area (Å²) in [7, 11) is 0. The van der Waals surface area contributed by atoms with Crippen LogP contribution < -0.4 is 31.9 Å². The van der Waals surface area contributed by atoms with Gasteiger partial charge in [-0.15, -0.1) is 0 Å². The minimum Gasteiger partial charge on any atom is -0.480 e. The Hall–Kier alpha value is -4.99. The maximum atomic E-state index is 11.8. The number of hydrogen-bond donors (Lipinski definition) is 7. The number of carboxylic acid groups (broad SMARTS) is 1. The quantitative estimate of drug-likeness (QED) is 0.0296. The van der Waals surface area contributed by atoms with Crippen LogP contribution in [0.1, 0.15) is 12.8 Å². The van der Waals surface area contributed by atoms with Gasteiger partial charge in [0.1, 0.15) is 6.54 Å². The average Bonchev–Trinajstić information content (AvgIpc) is 3.39. The summed E-state index contributed by atoms with van der Waals surface area (Å²) in [6.07, 6.45) is 2.32. The highest BCUT2D eigenvalue weighted by Crippen LogP contribution is 2.03. The first-order valence-corrected chi connectivity index (χ1v) is 15.1. The molecule has 0 aromatic heterocycles. The lowest BCUT2D eigenvalue weighted by Crippen LogP contribution is -2.46. The summed E-state index contributed by atoms with van der Waals surface area (Å²) in [4.78, 5) is 104. The van der Waals surface area contributed by atoms with Crippen molar-refractivity contribution in [3.05, 3.63) is 12.2 Å². The van der Waals surface area contributed by atoms with E-state index >= 15 is 0 Å². The van der Waals surface area contributed by atoms with Gasteiger partial charge in [-0.2, -0.15) is 0 Å². The zero-order chi connectivity index (χ0) is 36.3. The SMILES string of the molecule is O=C(O)CNC(=O)CNC(=O)CNC(=O)CNC(=O)CNC(=O)CCOCCOCCOCCOCCNC(=O)CCN1C(=O)C=CC1=O. The molecule has 8 amide bonds. The highest BCUT2D eigenvalue weighted by atomic mass is 16.6. The number of rotatable bonds is 28. The van der Waals surface area contributed by atoms with Crippen molar-refractivity contribution in [2.45, 2.75) is 12.8 Å². The Morgan fingerprint density at radius 3 is 1.31 bits per heavy atom. The molecule has 0 aromatic carbocycles. The van der Waals surface area contributed by atoms with E-state index in [4.69, 9.17) is 24.1 Å². The van der Waals surface area contributed by atoms with Crippen molar-refractivity contribution < 1.29 is 67.2 Å². The molecular formula is C28H43N7O14. The summed E-state index contributed by atoms with van der Waals surface area (Å²) in [5.41, 5.74) is 0. The molecule has 21 nitrogen and oxygen atoms in total. The zero-order valence-electron chi connectivity index (χ0n) is 26.9. The van der Waals surface area contributed by atoms with Crippen molar-refractivity contribution >= 4 is 53.2 Å². The van der Waals surface area contributed by atoms with Crippen LogP contribution in [0.5, 0.6) is 0 Å². The molecule has 1 rings (SSSR count). The van der Waals surface area contributed by atoms with Crippen LogP contribution in [0.3, 0.4) is 0 Å². The van der Waals surface area contributed by atoms with Gasteiger partial charge in [0.2, 0.25) is 35.4 Å². The lowest BCUT2D eigenvalue weighted by atomic mass is 10.3. The number of carbonyl (C=O) groups is 9. The van der Waals surface area contributed by atoms with Crippen molar-refractivity contribution in [2.75, 3.05) is 98.7 Å². The molecule has 1 heterocycles. The molecule has 49 heavy (non-hydrogen) atoms. The van der Waals surface area contributed by atoms with E-state index in [9.17, 15) is 43.2 Å². The molecule has 0 saturated carbocycles. The molecular weight excluding hydrogens is 658 g/mol. The van der Waals surface area contributed by atoms with Gasteiger partial charge in [0.15, 0.2) is 0 Å². The molecule has 0 aliphatic carbocycles. The van der Waals surface area contributed by atoms with Crippen LogP contribution in [0.15, 0.2) is 12.2 Å². The molecule has 7 N–H and O–H groups in total. The van der Waals surface area contributed by atoms with Crippen molar-refractivity contribution in [2.24, 2.45) is 0 Å². The Labute approximate surface area is 281 Å². The summed E-state index contributed by atoms with van der Waals surface area (Å²) < 4.78 is 21.3. The van der Waals surface area contributed by atoms with E-state index in [0.29, 0.717) is 26.4 Å². The standard InChI is InChI=1S/C28H43N7O14/c36-20(3-6-35-26(42)1-2-27(35)43)29-5-8-47-10-12-49-14-13-48-11-9-46-7-4-21(37)30-15-22(38)31-16-23(39)32-17-24(40)33-18-25(41)34-19-28(44)45/h1-2H,3-19H2,(H,29,36)(H,30,37)(H,31,38)(H,32,39)(H,33,40)(H,34,41)(H,44,45). The molecule has 1 aliphatic heterocycles. The molecule has 21 heteroatoms. The van der Waals surface area contributed by atoms with Gasteiger partial charge in [0.25, 0.3) is 11.8 Å². The number of hydrogen-bond acceptors (Lipinski definition) is 13. The molecule has 0 unspecified atom stereocenters. The number of nitrogens with zero attached hydrogens (tertiary/aromatic N) is 1. The Morgan fingerprint density at radius 2 is 0.857 bits per heavy atom. The third kappa shape index (κ3) is 23.1. The minimum absolute atomic E-state index is 0.00941. The summed E-state index contributed by atoms with van der Waals surface area (Å²) in [5, 5.41) is 22.1. The van der Waals surface area contributed by atoms with Crippen LogP contribution in [0.2, 0.25) is 0 Å². The fourth-order valence-corrected chi connectivity index (χ4v) is 3.37. The molecule has 1 aliphatic rings. The van der Waals surface area contributed by atoms with Gasteiger partial charge in [-0.3, -0.25) is 48.1 Å². The highest BCUT2D eigenvalue weighted by Gasteiger charge is 2.23. The van der Waals surface area contributed by atoms with Gasteiger partial charge in [-0.25, -0.2) is 0 Å². The highest BCUT2D eigenvalue weighted by molar-refractivity contribution is 6.13. The summed E-state index contributed by atoms with van der Waals surface area (Å²) >= 11 is 0. The smallest absolute Gasteiger partial charge is 0.322 e. The van der Waals surface area contributed by atoms with Crippen molar-refractivity contribution in [3.8, 4) is 0 Å². The normalized spacial score (nSPS) is 12.0. The first-order valence-electron chi connectivity index (χ1n) is 15.1. The second-order valence-electron chi connectivity index (χ2n) is 9.74. The van der Waals surface area contributed by atoms with Gasteiger partial charge < -0.3 is 56.0 Å². The van der Waals surface area contributed by atoms with Crippen LogP contribution in [-0.4, -0.2) is 162 Å². The van der Waals surface area contributed by atoms with Crippen molar-refractivity contribution in [3.63, 3.8) is 0 Å². The number of aliphatic carboxylic acids is 1. The first-order chi connectivity index (χ1) is 23.5. The van der Waals surface area contributed by atoms with Gasteiger partial charge >= 0.3 is 5.97 Å². The zero-order valence-corrected chi connectivity index (χ0v) is 26.9. The van der Waals surface area contributed by atoms with E-state index in [0.717, 1.165) is 17.1 Å². The molecule has 0 fully saturated rings. The lowest BCUT2D eigenvalue weighted by molar-refractivity contribution is -0.138. The predicted octanol–water partition coefficient (Wildman–Crippen LogP) is -5.46. The third-order valence-electron chi connectivity index (χ3n) is 5.84. The topological polar surface area (TPSA) is 286 Å². The number of ether oxygens (including phenoxy) is 4. The Morgan fingerprint density at radius 1 is 0.490 bits per heavy atom. The van der Waals surface area contributed by atoms with E-state index in [1.165, 1.54) is 0 Å². The number of nitrogens with one attached hydrogen (secondary N) is 6. The van der Waals surface area contributed by atoms with E-state index in [-0.39, 0.29) is 64.8 Å². The van der Waals surface area contributed by atoms with Crippen LogP contribution in [0.4, 0.5) is 0 Å². The average molecular weight is 702 g/mol. The van der Waals surface area contributed by atoms with E-state index in [2.05, 4.69) is 26.6 Å². The van der Waals surface area contributed by atoms with Gasteiger partial charge in [0.05, 0.1) is 79.0 Å². The van der Waals surface area contributed by atoms with Gasteiger partial charge in [0, 0.05) is 38.1 Å². The first kappa shape index (κ1) is 42.0. The second kappa shape index (κ2) is 26.0. The lowest BCUT2D eigenvalue weighted by Gasteiger charge is -2.13. The van der Waals surface area contributed by atoms with Crippen molar-refractivity contribution in [1.29, 1.82) is 0 Å². The number of amides is 8. The molecule has 0 saturated heterocycles.